The van der Waals surface area contributed by atoms with Gasteiger partial charge in [0, 0.05) is 0 Å². The minimum atomic E-state index is 0. The Morgan fingerprint density at radius 2 is 1.00 bits per heavy atom. The van der Waals surface area contributed by atoms with Crippen LogP contribution in [-0.4, -0.2) is 77.8 Å². The Labute approximate surface area is 86.0 Å². The average molecular weight is 128 g/mol. The average Bonchev–Trinajstić information content (AvgIpc) is 1.72. The Bertz CT molecular complexity index is 25.2. The summed E-state index contributed by atoms with van der Waals surface area (Å²) in [5.74, 6) is 0. The fourth-order valence-electron chi connectivity index (χ4n) is 0.440. The molecule has 38 valence electrons. The van der Waals surface area contributed by atoms with E-state index in [1.165, 1.54) is 0 Å². The van der Waals surface area contributed by atoms with Crippen LogP contribution < -0.4 is 0 Å². The van der Waals surface area contributed by atoms with Gasteiger partial charge in [-0.15, -0.1) is 0 Å². The van der Waals surface area contributed by atoms with Gasteiger partial charge >= 0.3 is 51.4 Å². The van der Waals surface area contributed by atoms with Crippen LogP contribution in [0.5, 0.6) is 0 Å². The standard InChI is InChI=1S/C4H8O2.K.H/c1-2-6-4-3-5-1;;/h1-4H2;;. The molecule has 0 radical (unpaired) electrons. The molecule has 3 heteroatoms. The first-order chi connectivity index (χ1) is 3.00. The zero-order valence-corrected chi connectivity index (χ0v) is 3.64. The van der Waals surface area contributed by atoms with Crippen molar-refractivity contribution in [2.24, 2.45) is 0 Å². The summed E-state index contributed by atoms with van der Waals surface area (Å²) in [5, 5.41) is 0. The van der Waals surface area contributed by atoms with E-state index < -0.39 is 0 Å². The summed E-state index contributed by atoms with van der Waals surface area (Å²) in [4.78, 5) is 0. The monoisotopic (exact) mass is 128 g/mol. The molecular weight excluding hydrogens is 119 g/mol. The first-order valence-electron chi connectivity index (χ1n) is 2.15. The zero-order chi connectivity index (χ0) is 4.24. The Kier molecular flexibility index (Phi) is 6.95. The van der Waals surface area contributed by atoms with Crippen molar-refractivity contribution >= 4 is 51.4 Å². The van der Waals surface area contributed by atoms with Gasteiger partial charge in [-0.3, -0.25) is 0 Å². The van der Waals surface area contributed by atoms with Crippen LogP contribution in [0.15, 0.2) is 0 Å². The molecule has 1 saturated heterocycles. The van der Waals surface area contributed by atoms with Gasteiger partial charge in [-0.1, -0.05) is 0 Å². The molecule has 0 N–H and O–H groups in total. The van der Waals surface area contributed by atoms with E-state index in [0.29, 0.717) is 0 Å². The van der Waals surface area contributed by atoms with Gasteiger partial charge in [-0.2, -0.15) is 0 Å². The van der Waals surface area contributed by atoms with Gasteiger partial charge in [-0.05, 0) is 0 Å². The van der Waals surface area contributed by atoms with E-state index in [1.54, 1.807) is 0 Å². The van der Waals surface area contributed by atoms with Gasteiger partial charge in [0.05, 0.1) is 26.4 Å². The molecule has 0 amide bonds. The van der Waals surface area contributed by atoms with Crippen molar-refractivity contribution in [1.29, 1.82) is 0 Å². The molecule has 0 spiro atoms. The maximum absolute atomic E-state index is 4.94. The normalized spacial score (nSPS) is 20.6. The van der Waals surface area contributed by atoms with Crippen molar-refractivity contribution in [1.82, 2.24) is 0 Å². The Balaban J connectivity index is 0.000000360. The summed E-state index contributed by atoms with van der Waals surface area (Å²) in [6.07, 6.45) is 0. The van der Waals surface area contributed by atoms with Crippen LogP contribution in [0.2, 0.25) is 0 Å². The number of rotatable bonds is 0. The molecule has 0 aromatic heterocycles. The van der Waals surface area contributed by atoms with Crippen molar-refractivity contribution in [2.75, 3.05) is 26.4 Å². The van der Waals surface area contributed by atoms with Crippen molar-refractivity contribution < 1.29 is 9.47 Å². The summed E-state index contributed by atoms with van der Waals surface area (Å²) in [6, 6.07) is 0. The van der Waals surface area contributed by atoms with E-state index in [2.05, 4.69) is 0 Å². The van der Waals surface area contributed by atoms with Crippen molar-refractivity contribution in [3.8, 4) is 0 Å². The van der Waals surface area contributed by atoms with Crippen molar-refractivity contribution in [3.63, 3.8) is 0 Å². The molecule has 0 unspecified atom stereocenters. The molecule has 7 heavy (non-hydrogen) atoms. The minimum absolute atomic E-state index is 0. The Morgan fingerprint density at radius 3 is 1.14 bits per heavy atom. The van der Waals surface area contributed by atoms with Gasteiger partial charge in [0.2, 0.25) is 0 Å². The Hall–Kier alpha value is 1.56. The summed E-state index contributed by atoms with van der Waals surface area (Å²) in [7, 11) is 0. The van der Waals surface area contributed by atoms with Crippen LogP contribution >= 0.6 is 0 Å². The van der Waals surface area contributed by atoms with E-state index >= 15 is 0 Å². The van der Waals surface area contributed by atoms with Crippen LogP contribution in [0, 0.1) is 0 Å². The van der Waals surface area contributed by atoms with Crippen LogP contribution in [-0.2, 0) is 9.47 Å². The molecule has 1 rings (SSSR count). The molecule has 1 aliphatic heterocycles. The van der Waals surface area contributed by atoms with Gasteiger partial charge < -0.3 is 9.47 Å². The third kappa shape index (κ3) is 4.09. The predicted molar refractivity (Wildman–Crippen MR) is 28.8 cm³/mol. The molecule has 2 nitrogen and oxygen atoms in total. The second-order valence-electron chi connectivity index (χ2n) is 1.22. The SMILES string of the molecule is C1COCCO1.[KH]. The van der Waals surface area contributed by atoms with Gasteiger partial charge in [0.1, 0.15) is 0 Å². The third-order valence-corrected chi connectivity index (χ3v) is 0.744. The van der Waals surface area contributed by atoms with Crippen LogP contribution in [0.3, 0.4) is 0 Å². The molecule has 0 aliphatic carbocycles. The van der Waals surface area contributed by atoms with Crippen LogP contribution in [0.4, 0.5) is 0 Å². The first-order valence-corrected chi connectivity index (χ1v) is 2.15. The third-order valence-electron chi connectivity index (χ3n) is 0.744. The van der Waals surface area contributed by atoms with E-state index in [1.807, 2.05) is 0 Å². The Morgan fingerprint density at radius 1 is 0.714 bits per heavy atom. The van der Waals surface area contributed by atoms with E-state index in [4.69, 9.17) is 9.47 Å². The van der Waals surface area contributed by atoms with Crippen LogP contribution in [0.1, 0.15) is 0 Å². The molecule has 0 aromatic rings. The summed E-state index contributed by atoms with van der Waals surface area (Å²) in [5.41, 5.74) is 0. The molecule has 0 atom stereocenters. The van der Waals surface area contributed by atoms with Gasteiger partial charge in [-0.25, -0.2) is 0 Å². The summed E-state index contributed by atoms with van der Waals surface area (Å²) >= 11 is 0. The van der Waals surface area contributed by atoms with Gasteiger partial charge in [0.15, 0.2) is 0 Å². The van der Waals surface area contributed by atoms with E-state index in [0.717, 1.165) is 26.4 Å². The molecule has 0 bridgehead atoms. The first kappa shape index (κ1) is 8.56. The van der Waals surface area contributed by atoms with E-state index in [-0.39, 0.29) is 51.4 Å². The molecule has 1 heterocycles. The molecule has 0 saturated carbocycles. The number of hydrogen-bond acceptors (Lipinski definition) is 2. The maximum atomic E-state index is 4.94. The van der Waals surface area contributed by atoms with Gasteiger partial charge in [0.25, 0.3) is 0 Å². The fourth-order valence-corrected chi connectivity index (χ4v) is 0.440. The van der Waals surface area contributed by atoms with Crippen LogP contribution in [0.25, 0.3) is 0 Å². The number of hydrogen-bond donors (Lipinski definition) is 0. The van der Waals surface area contributed by atoms with Crippen molar-refractivity contribution in [2.45, 2.75) is 0 Å². The molecule has 1 aliphatic rings. The predicted octanol–water partition coefficient (Wildman–Crippen LogP) is -0.615. The topological polar surface area (TPSA) is 18.5 Å². The second kappa shape index (κ2) is 5.69. The summed E-state index contributed by atoms with van der Waals surface area (Å²) in [6.45, 7) is 3.11. The molecule has 0 aromatic carbocycles. The molecular formula is C4H9KO2. The van der Waals surface area contributed by atoms with Crippen molar-refractivity contribution in [3.05, 3.63) is 0 Å². The second-order valence-corrected chi connectivity index (χ2v) is 1.22. The van der Waals surface area contributed by atoms with E-state index in [9.17, 15) is 0 Å². The zero-order valence-electron chi connectivity index (χ0n) is 3.64. The fraction of sp³-hybridized carbons (Fsp3) is 1.00. The molecule has 1 fully saturated rings. The quantitative estimate of drug-likeness (QED) is 0.405. The summed E-state index contributed by atoms with van der Waals surface area (Å²) < 4.78 is 9.89. The number of ether oxygens (including phenoxy) is 2.